The number of urea groups is 1. The highest BCUT2D eigenvalue weighted by molar-refractivity contribution is 7.17. The number of aromatic carboxylic acids is 1. The molecule has 0 unspecified atom stereocenters. The van der Waals surface area contributed by atoms with Gasteiger partial charge in [-0.1, -0.05) is 0 Å². The number of pyridine rings is 1. The number of amides is 2. The Kier molecular flexibility index (Phi) is 4.94. The van der Waals surface area contributed by atoms with Gasteiger partial charge in [-0.25, -0.2) is 24.5 Å². The number of imidazole rings is 1. The Morgan fingerprint density at radius 2 is 2.12 bits per heavy atom. The number of rotatable bonds is 5. The molecule has 2 amide bonds. The second-order valence-electron chi connectivity index (χ2n) is 5.28. The van der Waals surface area contributed by atoms with Gasteiger partial charge in [-0.3, -0.25) is 5.32 Å². The molecule has 0 spiro atoms. The molecule has 0 bridgehead atoms. The third kappa shape index (κ3) is 3.54. The zero-order chi connectivity index (χ0) is 18.7. The van der Waals surface area contributed by atoms with Crippen LogP contribution in [0.3, 0.4) is 0 Å². The predicted molar refractivity (Wildman–Crippen MR) is 97.2 cm³/mol. The van der Waals surface area contributed by atoms with Crippen LogP contribution in [0.5, 0.6) is 0 Å². The van der Waals surface area contributed by atoms with Crippen LogP contribution in [0.1, 0.15) is 16.6 Å². The zero-order valence-corrected chi connectivity index (χ0v) is 14.9. The van der Waals surface area contributed by atoms with Crippen molar-refractivity contribution in [3.63, 3.8) is 0 Å². The Balaban J connectivity index is 1.91. The fourth-order valence-electron chi connectivity index (χ4n) is 2.25. The summed E-state index contributed by atoms with van der Waals surface area (Å²) < 4.78 is 1.71. The van der Waals surface area contributed by atoms with Gasteiger partial charge in [-0.05, 0) is 19.1 Å². The first kappa shape index (κ1) is 17.5. The van der Waals surface area contributed by atoms with E-state index in [2.05, 4.69) is 25.6 Å². The molecular formula is C16H16N6O3S. The lowest BCUT2D eigenvalue weighted by Gasteiger charge is -2.05. The van der Waals surface area contributed by atoms with E-state index in [-0.39, 0.29) is 10.9 Å². The lowest BCUT2D eigenvalue weighted by molar-refractivity contribution is 0.0702. The minimum absolute atomic E-state index is 0.110. The van der Waals surface area contributed by atoms with Crippen LogP contribution in [-0.2, 0) is 7.05 Å². The van der Waals surface area contributed by atoms with Crippen molar-refractivity contribution in [2.45, 2.75) is 6.92 Å². The van der Waals surface area contributed by atoms with Gasteiger partial charge in [0, 0.05) is 37.7 Å². The number of hydrogen-bond donors (Lipinski definition) is 3. The van der Waals surface area contributed by atoms with Crippen LogP contribution in [0.25, 0.3) is 22.1 Å². The molecule has 3 aromatic heterocycles. The average molecular weight is 372 g/mol. The van der Waals surface area contributed by atoms with Gasteiger partial charge < -0.3 is 15.0 Å². The maximum absolute atomic E-state index is 11.6. The molecule has 134 valence electrons. The quantitative estimate of drug-likeness (QED) is 0.632. The first-order valence-corrected chi connectivity index (χ1v) is 8.54. The molecule has 26 heavy (non-hydrogen) atoms. The summed E-state index contributed by atoms with van der Waals surface area (Å²) in [5.41, 5.74) is 0.967. The second-order valence-corrected chi connectivity index (χ2v) is 6.28. The molecule has 0 fully saturated rings. The Morgan fingerprint density at radius 3 is 2.69 bits per heavy atom. The number of anilines is 1. The summed E-state index contributed by atoms with van der Waals surface area (Å²) in [5, 5.41) is 15.2. The van der Waals surface area contributed by atoms with Crippen LogP contribution in [-0.4, -0.2) is 43.2 Å². The molecule has 0 saturated heterocycles. The van der Waals surface area contributed by atoms with E-state index in [4.69, 9.17) is 0 Å². The third-order valence-electron chi connectivity index (χ3n) is 3.44. The van der Waals surface area contributed by atoms with Gasteiger partial charge in [0.15, 0.2) is 5.82 Å². The van der Waals surface area contributed by atoms with Gasteiger partial charge in [-0.15, -0.1) is 11.3 Å². The summed E-state index contributed by atoms with van der Waals surface area (Å²) in [4.78, 5) is 36.0. The van der Waals surface area contributed by atoms with Crippen molar-refractivity contribution in [1.29, 1.82) is 0 Å². The van der Waals surface area contributed by atoms with Crippen LogP contribution in [0.15, 0.2) is 30.7 Å². The molecule has 3 aromatic rings. The van der Waals surface area contributed by atoms with Crippen molar-refractivity contribution in [2.24, 2.45) is 7.05 Å². The molecule has 10 heteroatoms. The van der Waals surface area contributed by atoms with Crippen molar-refractivity contribution >= 4 is 29.2 Å². The maximum Gasteiger partial charge on any atom is 0.348 e. The number of thiazole rings is 1. The third-order valence-corrected chi connectivity index (χ3v) is 4.54. The lowest BCUT2D eigenvalue weighted by atomic mass is 10.3. The van der Waals surface area contributed by atoms with Crippen LogP contribution >= 0.6 is 11.3 Å². The highest BCUT2D eigenvalue weighted by atomic mass is 32.1. The van der Waals surface area contributed by atoms with Gasteiger partial charge in [0.1, 0.15) is 21.4 Å². The second kappa shape index (κ2) is 7.31. The minimum Gasteiger partial charge on any atom is -0.477 e. The van der Waals surface area contributed by atoms with Gasteiger partial charge >= 0.3 is 12.0 Å². The molecule has 9 nitrogen and oxygen atoms in total. The van der Waals surface area contributed by atoms with Crippen molar-refractivity contribution < 1.29 is 14.7 Å². The molecule has 3 rings (SSSR count). The first-order chi connectivity index (χ1) is 12.5. The normalized spacial score (nSPS) is 10.5. The Hall–Kier alpha value is -3.27. The number of aryl methyl sites for hydroxylation is 1. The van der Waals surface area contributed by atoms with E-state index in [0.717, 1.165) is 11.3 Å². The van der Waals surface area contributed by atoms with Gasteiger partial charge in [-0.2, -0.15) is 0 Å². The molecule has 0 aliphatic rings. The first-order valence-electron chi connectivity index (χ1n) is 7.72. The fraction of sp³-hybridized carbons (Fsp3) is 0.188. The molecule has 3 heterocycles. The Labute approximate surface area is 152 Å². The van der Waals surface area contributed by atoms with Crippen LogP contribution < -0.4 is 10.6 Å². The van der Waals surface area contributed by atoms with E-state index in [1.807, 2.05) is 6.92 Å². The van der Waals surface area contributed by atoms with E-state index < -0.39 is 5.97 Å². The molecule has 0 atom stereocenters. The number of hydrogen-bond acceptors (Lipinski definition) is 6. The summed E-state index contributed by atoms with van der Waals surface area (Å²) >= 11 is 1.05. The van der Waals surface area contributed by atoms with E-state index in [9.17, 15) is 14.7 Å². The highest BCUT2D eigenvalue weighted by Gasteiger charge is 2.22. The number of aromatic nitrogens is 4. The summed E-state index contributed by atoms with van der Waals surface area (Å²) in [5.74, 6) is -0.194. The summed E-state index contributed by atoms with van der Waals surface area (Å²) in [6.07, 6.45) is 4.85. The molecule has 0 aliphatic carbocycles. The van der Waals surface area contributed by atoms with Crippen LogP contribution in [0, 0.1) is 0 Å². The van der Waals surface area contributed by atoms with E-state index >= 15 is 0 Å². The molecular weight excluding hydrogens is 356 g/mol. The standard InChI is InChI=1S/C16H16N6O3S/c1-3-17-16(25)20-10-5-4-9(8-19-10)14-21-11(12(26-14)15(23)24)13-18-6-7-22(13)2/h4-8H,3H2,1-2H3,(H,23,24)(H2,17,19,20,25). The number of carbonyl (C=O) groups is 2. The Morgan fingerprint density at radius 1 is 1.31 bits per heavy atom. The topological polar surface area (TPSA) is 122 Å². The van der Waals surface area contributed by atoms with E-state index in [1.54, 1.807) is 36.1 Å². The minimum atomic E-state index is -1.06. The van der Waals surface area contributed by atoms with Crippen LogP contribution in [0.2, 0.25) is 0 Å². The molecule has 0 aliphatic heterocycles. The zero-order valence-electron chi connectivity index (χ0n) is 14.1. The SMILES string of the molecule is CCNC(=O)Nc1ccc(-c2nc(-c3nccn3C)c(C(=O)O)s2)cn1. The number of carbonyl (C=O) groups excluding carboxylic acids is 1. The van der Waals surface area contributed by atoms with Crippen molar-refractivity contribution in [3.8, 4) is 22.1 Å². The average Bonchev–Trinajstić information content (AvgIpc) is 3.21. The summed E-state index contributed by atoms with van der Waals surface area (Å²) in [6.45, 7) is 2.33. The number of carboxylic acids is 1. The van der Waals surface area contributed by atoms with Crippen molar-refractivity contribution in [2.75, 3.05) is 11.9 Å². The molecule has 0 radical (unpaired) electrons. The molecule has 3 N–H and O–H groups in total. The molecule has 0 saturated carbocycles. The van der Waals surface area contributed by atoms with Crippen molar-refractivity contribution in [3.05, 3.63) is 35.6 Å². The fourth-order valence-corrected chi connectivity index (χ4v) is 3.14. The van der Waals surface area contributed by atoms with Gasteiger partial charge in [0.2, 0.25) is 0 Å². The summed E-state index contributed by atoms with van der Waals surface area (Å²) in [7, 11) is 1.77. The monoisotopic (exact) mass is 372 g/mol. The smallest absolute Gasteiger partial charge is 0.348 e. The van der Waals surface area contributed by atoms with Gasteiger partial charge in [0.05, 0.1) is 0 Å². The predicted octanol–water partition coefficient (Wildman–Crippen LogP) is 2.45. The summed E-state index contributed by atoms with van der Waals surface area (Å²) in [6, 6.07) is 3.01. The number of nitrogens with one attached hydrogen (secondary N) is 2. The molecule has 0 aromatic carbocycles. The van der Waals surface area contributed by atoms with Crippen LogP contribution in [0.4, 0.5) is 10.6 Å². The maximum atomic E-state index is 11.6. The van der Waals surface area contributed by atoms with E-state index in [0.29, 0.717) is 34.5 Å². The van der Waals surface area contributed by atoms with Crippen molar-refractivity contribution in [1.82, 2.24) is 24.8 Å². The van der Waals surface area contributed by atoms with E-state index in [1.165, 1.54) is 6.20 Å². The number of carboxylic acid groups (broad SMARTS) is 1. The largest absolute Gasteiger partial charge is 0.477 e. The lowest BCUT2D eigenvalue weighted by Crippen LogP contribution is -2.28. The number of nitrogens with zero attached hydrogens (tertiary/aromatic N) is 4. The Bertz CT molecular complexity index is 947. The highest BCUT2D eigenvalue weighted by Crippen LogP contribution is 2.33. The van der Waals surface area contributed by atoms with Gasteiger partial charge in [0.25, 0.3) is 0 Å².